The number of alkyl halides is 1. The summed E-state index contributed by atoms with van der Waals surface area (Å²) in [7, 11) is -4.10. The summed E-state index contributed by atoms with van der Waals surface area (Å²) in [5.41, 5.74) is 3.38. The highest BCUT2D eigenvalue weighted by atomic mass is 127. The molecule has 0 bridgehead atoms. The normalized spacial score (nSPS) is 13.8. The molecule has 1 unspecified atom stereocenters. The molecule has 1 heterocycles. The molecule has 0 fully saturated rings. The first-order valence-corrected chi connectivity index (χ1v) is 9.69. The minimum atomic E-state index is -4.10. The lowest BCUT2D eigenvalue weighted by Crippen LogP contribution is -1.99. The van der Waals surface area contributed by atoms with Gasteiger partial charge in [0, 0.05) is 10.1 Å². The van der Waals surface area contributed by atoms with E-state index in [2.05, 4.69) is 27.6 Å². The lowest BCUT2D eigenvalue weighted by Gasteiger charge is -2.12. The minimum absolute atomic E-state index is 0.0273. The van der Waals surface area contributed by atoms with Crippen molar-refractivity contribution in [2.24, 2.45) is 0 Å². The van der Waals surface area contributed by atoms with E-state index in [0.717, 1.165) is 21.2 Å². The number of hydrogen-bond acceptors (Lipinski definition) is 4. The zero-order valence-electron chi connectivity index (χ0n) is 12.1. The number of rotatable bonds is 7. The van der Waals surface area contributed by atoms with Gasteiger partial charge in [-0.1, -0.05) is 52.9 Å². The molecule has 0 saturated heterocycles. The second kappa shape index (κ2) is 8.17. The van der Waals surface area contributed by atoms with Crippen molar-refractivity contribution in [1.82, 2.24) is 4.98 Å². The topological polar surface area (TPSA) is 68.7 Å². The fourth-order valence-electron chi connectivity index (χ4n) is 1.82. The molecule has 0 amide bonds. The third kappa shape index (κ3) is 5.78. The second-order valence-electron chi connectivity index (χ2n) is 4.74. The van der Waals surface area contributed by atoms with E-state index in [0.29, 0.717) is 5.69 Å². The summed E-state index contributed by atoms with van der Waals surface area (Å²) < 4.78 is 22.8. The number of aromatic nitrogens is 1. The van der Waals surface area contributed by atoms with Gasteiger partial charge < -0.3 is 4.89 Å². The predicted octanol–water partition coefficient (Wildman–Crippen LogP) is 4.16. The van der Waals surface area contributed by atoms with E-state index < -0.39 is 7.82 Å². The van der Waals surface area contributed by atoms with Crippen LogP contribution in [-0.2, 0) is 31.3 Å². The average molecular weight is 433 g/mol. The number of benzene rings is 1. The zero-order chi connectivity index (χ0) is 16.0. The maximum atomic E-state index is 11.9. The molecule has 0 aliphatic heterocycles. The van der Waals surface area contributed by atoms with E-state index in [1.807, 2.05) is 43.3 Å². The summed E-state index contributed by atoms with van der Waals surface area (Å²) in [6, 6.07) is 13.1. The Morgan fingerprint density at radius 2 is 1.82 bits per heavy atom. The van der Waals surface area contributed by atoms with E-state index in [-0.39, 0.29) is 13.2 Å². The summed E-state index contributed by atoms with van der Waals surface area (Å²) in [6.45, 7) is 1.81. The van der Waals surface area contributed by atoms with Crippen molar-refractivity contribution < 1.29 is 18.5 Å². The number of hydrogen-bond donors (Lipinski definition) is 1. The molecule has 2 rings (SSSR count). The van der Waals surface area contributed by atoms with Gasteiger partial charge in [0.25, 0.3) is 0 Å². The van der Waals surface area contributed by atoms with Gasteiger partial charge in [-0.3, -0.25) is 14.0 Å². The van der Waals surface area contributed by atoms with E-state index >= 15 is 0 Å². The number of pyridine rings is 1. The molecule has 0 spiro atoms. The fraction of sp³-hybridized carbons (Fsp3) is 0.267. The van der Waals surface area contributed by atoms with Crippen LogP contribution in [0, 0.1) is 6.92 Å². The van der Waals surface area contributed by atoms with Crippen LogP contribution in [0.4, 0.5) is 0 Å². The molecule has 118 valence electrons. The number of nitrogens with zero attached hydrogens (tertiary/aromatic N) is 1. The number of phosphoric ester groups is 1. The first-order chi connectivity index (χ1) is 10.5. The summed E-state index contributed by atoms with van der Waals surface area (Å²) in [6.07, 6.45) is 0. The molecule has 1 aromatic carbocycles. The van der Waals surface area contributed by atoms with E-state index in [1.54, 1.807) is 6.07 Å². The molecule has 5 nitrogen and oxygen atoms in total. The van der Waals surface area contributed by atoms with Crippen molar-refractivity contribution in [3.63, 3.8) is 0 Å². The van der Waals surface area contributed by atoms with Crippen LogP contribution in [0.15, 0.2) is 42.5 Å². The van der Waals surface area contributed by atoms with Crippen LogP contribution in [0.3, 0.4) is 0 Å². The van der Waals surface area contributed by atoms with Gasteiger partial charge in [-0.15, -0.1) is 0 Å². The monoisotopic (exact) mass is 433 g/mol. The van der Waals surface area contributed by atoms with Crippen molar-refractivity contribution in [3.05, 3.63) is 65.0 Å². The quantitative estimate of drug-likeness (QED) is 0.404. The van der Waals surface area contributed by atoms with Gasteiger partial charge in [0.05, 0.1) is 12.3 Å². The van der Waals surface area contributed by atoms with Crippen molar-refractivity contribution in [2.45, 2.75) is 24.6 Å². The summed E-state index contributed by atoms with van der Waals surface area (Å²) >= 11 is 2.26. The van der Waals surface area contributed by atoms with E-state index in [9.17, 15) is 9.46 Å². The Morgan fingerprint density at radius 3 is 2.55 bits per heavy atom. The van der Waals surface area contributed by atoms with Crippen LogP contribution in [0.25, 0.3) is 0 Å². The van der Waals surface area contributed by atoms with Crippen molar-refractivity contribution >= 4 is 30.4 Å². The molecule has 22 heavy (non-hydrogen) atoms. The van der Waals surface area contributed by atoms with Crippen molar-refractivity contribution in [2.75, 3.05) is 0 Å². The fourth-order valence-corrected chi connectivity index (χ4v) is 2.98. The molecule has 0 saturated carbocycles. The average Bonchev–Trinajstić information content (AvgIpc) is 2.52. The predicted molar refractivity (Wildman–Crippen MR) is 92.5 cm³/mol. The van der Waals surface area contributed by atoms with Gasteiger partial charge in [-0.25, -0.2) is 4.57 Å². The first kappa shape index (κ1) is 17.6. The molecule has 1 N–H and O–H groups in total. The minimum Gasteiger partial charge on any atom is -0.302 e. The summed E-state index contributed by atoms with van der Waals surface area (Å²) in [5, 5.41) is 0. The third-order valence-electron chi connectivity index (χ3n) is 2.86. The Hall–Kier alpha value is -0.790. The molecular formula is C15H17INO4P. The Morgan fingerprint density at radius 1 is 1.14 bits per heavy atom. The van der Waals surface area contributed by atoms with Gasteiger partial charge >= 0.3 is 7.82 Å². The molecule has 1 atom stereocenters. The number of phosphoric acid groups is 1. The maximum Gasteiger partial charge on any atom is 0.472 e. The maximum absolute atomic E-state index is 11.9. The molecule has 0 aliphatic rings. The van der Waals surface area contributed by atoms with Crippen LogP contribution in [0.2, 0.25) is 0 Å². The van der Waals surface area contributed by atoms with Crippen molar-refractivity contribution in [1.29, 1.82) is 0 Å². The van der Waals surface area contributed by atoms with Crippen LogP contribution in [-0.4, -0.2) is 9.88 Å². The Labute approximate surface area is 143 Å². The zero-order valence-corrected chi connectivity index (χ0v) is 15.2. The lowest BCUT2D eigenvalue weighted by atomic mass is 10.1. The Bertz CT molecular complexity index is 680. The molecule has 7 heteroatoms. The molecule has 0 radical (unpaired) electrons. The van der Waals surface area contributed by atoms with Crippen molar-refractivity contribution in [3.8, 4) is 0 Å². The van der Waals surface area contributed by atoms with Gasteiger partial charge in [0.15, 0.2) is 0 Å². The van der Waals surface area contributed by atoms with Crippen LogP contribution < -0.4 is 0 Å². The van der Waals surface area contributed by atoms with Gasteiger partial charge in [0.2, 0.25) is 0 Å². The smallest absolute Gasteiger partial charge is 0.302 e. The van der Waals surface area contributed by atoms with Crippen LogP contribution >= 0.6 is 30.4 Å². The third-order valence-corrected chi connectivity index (χ3v) is 4.65. The Kier molecular flexibility index (Phi) is 6.52. The van der Waals surface area contributed by atoms with E-state index in [4.69, 9.17) is 9.05 Å². The summed E-state index contributed by atoms with van der Waals surface area (Å²) in [5.74, 6) is 0. The highest BCUT2D eigenvalue weighted by Gasteiger charge is 2.21. The number of aryl methyl sites for hydroxylation is 1. The molecular weight excluding hydrogens is 416 g/mol. The number of halogens is 1. The highest BCUT2D eigenvalue weighted by molar-refractivity contribution is 14.1. The highest BCUT2D eigenvalue weighted by Crippen LogP contribution is 2.44. The largest absolute Gasteiger partial charge is 0.472 e. The second-order valence-corrected chi connectivity index (χ2v) is 6.96. The van der Waals surface area contributed by atoms with Gasteiger partial charge in [-0.05, 0) is 30.2 Å². The standard InChI is InChI=1S/C15H17INO4P/c1-12-4-2-7-15(17-12)11-21-22(18,19)20-10-14-6-3-5-13(8-14)9-16/h2-8H,9-11H2,1H3,(H,18,19). The Balaban J connectivity index is 1.89. The SMILES string of the molecule is Cc1cccc(COP(=O)(O)OCc2cccc(CI)c2)n1. The van der Waals surface area contributed by atoms with Gasteiger partial charge in [-0.2, -0.15) is 0 Å². The van der Waals surface area contributed by atoms with Crippen LogP contribution in [0.1, 0.15) is 22.5 Å². The lowest BCUT2D eigenvalue weighted by molar-refractivity contribution is 0.136. The summed E-state index contributed by atoms with van der Waals surface area (Å²) in [4.78, 5) is 13.9. The first-order valence-electron chi connectivity index (χ1n) is 6.67. The van der Waals surface area contributed by atoms with E-state index in [1.165, 1.54) is 0 Å². The molecule has 0 aliphatic carbocycles. The van der Waals surface area contributed by atoms with Gasteiger partial charge in [0.1, 0.15) is 6.61 Å². The molecule has 2 aromatic rings. The van der Waals surface area contributed by atoms with Crippen LogP contribution in [0.5, 0.6) is 0 Å². The molecule has 1 aromatic heterocycles.